The first-order valence-corrected chi connectivity index (χ1v) is 9.37. The highest BCUT2D eigenvalue weighted by Crippen LogP contribution is 2.56. The first kappa shape index (κ1) is 15.2. The van der Waals surface area contributed by atoms with Gasteiger partial charge in [-0.05, 0) is 78.8 Å². The van der Waals surface area contributed by atoms with Crippen LogP contribution in [0.4, 0.5) is 5.69 Å². The van der Waals surface area contributed by atoms with Crippen molar-refractivity contribution in [3.05, 3.63) is 42.0 Å². The molecule has 2 saturated carbocycles. The normalized spacial score (nSPS) is 34.0. The third kappa shape index (κ3) is 2.80. The van der Waals surface area contributed by atoms with Gasteiger partial charge in [0.05, 0.1) is 0 Å². The Labute approximate surface area is 144 Å². The SMILES string of the molecule is CC(C)c1ccc(NC(=S)N[C@H]2C[C@@H]3C[C@@H]2[C@@H]2C=CC[C@@H]32)cc1. The van der Waals surface area contributed by atoms with Crippen molar-refractivity contribution in [3.63, 3.8) is 0 Å². The quantitative estimate of drug-likeness (QED) is 0.622. The number of fused-ring (bicyclic) bond motifs is 5. The number of nitrogens with one attached hydrogen (secondary N) is 2. The Hall–Kier alpha value is -1.35. The molecule has 2 bridgehead atoms. The van der Waals surface area contributed by atoms with Gasteiger partial charge in [-0.25, -0.2) is 0 Å². The summed E-state index contributed by atoms with van der Waals surface area (Å²) in [4.78, 5) is 0. The van der Waals surface area contributed by atoms with Crippen molar-refractivity contribution in [3.8, 4) is 0 Å². The van der Waals surface area contributed by atoms with Crippen LogP contribution >= 0.6 is 12.2 Å². The molecule has 1 aromatic rings. The molecule has 0 saturated heterocycles. The zero-order chi connectivity index (χ0) is 16.0. The van der Waals surface area contributed by atoms with E-state index in [1.54, 1.807) is 0 Å². The maximum absolute atomic E-state index is 5.55. The van der Waals surface area contributed by atoms with Gasteiger partial charge in [-0.15, -0.1) is 0 Å². The average molecular weight is 327 g/mol. The smallest absolute Gasteiger partial charge is 0.171 e. The molecule has 0 spiro atoms. The molecule has 2 nitrogen and oxygen atoms in total. The molecule has 122 valence electrons. The van der Waals surface area contributed by atoms with Gasteiger partial charge in [-0.1, -0.05) is 38.1 Å². The lowest BCUT2D eigenvalue weighted by atomic mass is 9.79. The summed E-state index contributed by atoms with van der Waals surface area (Å²) in [7, 11) is 0. The summed E-state index contributed by atoms with van der Waals surface area (Å²) in [6, 6.07) is 9.17. The van der Waals surface area contributed by atoms with E-state index in [1.807, 2.05) is 0 Å². The molecule has 23 heavy (non-hydrogen) atoms. The molecule has 0 radical (unpaired) electrons. The van der Waals surface area contributed by atoms with E-state index in [4.69, 9.17) is 12.2 Å². The number of rotatable bonds is 3. The van der Waals surface area contributed by atoms with Gasteiger partial charge in [0.2, 0.25) is 0 Å². The number of benzene rings is 1. The minimum Gasteiger partial charge on any atom is -0.359 e. The molecule has 2 fully saturated rings. The highest BCUT2D eigenvalue weighted by atomic mass is 32.1. The Morgan fingerprint density at radius 1 is 1.13 bits per heavy atom. The number of hydrogen-bond acceptors (Lipinski definition) is 1. The molecular weight excluding hydrogens is 300 g/mol. The summed E-state index contributed by atoms with van der Waals surface area (Å²) in [6.07, 6.45) is 8.85. The molecule has 0 heterocycles. The topological polar surface area (TPSA) is 24.1 Å². The number of allylic oxidation sites excluding steroid dienone is 2. The van der Waals surface area contributed by atoms with Crippen molar-refractivity contribution in [1.82, 2.24) is 5.32 Å². The van der Waals surface area contributed by atoms with Crippen molar-refractivity contribution in [2.75, 3.05) is 5.32 Å². The van der Waals surface area contributed by atoms with E-state index in [0.29, 0.717) is 12.0 Å². The zero-order valence-corrected chi connectivity index (χ0v) is 14.8. The van der Waals surface area contributed by atoms with Gasteiger partial charge in [0, 0.05) is 11.7 Å². The molecule has 3 aliphatic rings. The summed E-state index contributed by atoms with van der Waals surface area (Å²) in [5.74, 6) is 4.00. The molecule has 0 aromatic heterocycles. The third-order valence-electron chi connectivity index (χ3n) is 6.16. The summed E-state index contributed by atoms with van der Waals surface area (Å²) in [5.41, 5.74) is 2.44. The molecule has 5 atom stereocenters. The van der Waals surface area contributed by atoms with Gasteiger partial charge < -0.3 is 10.6 Å². The van der Waals surface area contributed by atoms with Crippen LogP contribution in [0.15, 0.2) is 36.4 Å². The first-order valence-electron chi connectivity index (χ1n) is 8.96. The Bertz CT molecular complexity index is 619. The Morgan fingerprint density at radius 2 is 1.91 bits per heavy atom. The van der Waals surface area contributed by atoms with Crippen LogP contribution < -0.4 is 10.6 Å². The largest absolute Gasteiger partial charge is 0.359 e. The number of thiocarbonyl (C=S) groups is 1. The van der Waals surface area contributed by atoms with Gasteiger partial charge in [-0.2, -0.15) is 0 Å². The predicted molar refractivity (Wildman–Crippen MR) is 101 cm³/mol. The van der Waals surface area contributed by atoms with Crippen molar-refractivity contribution in [2.24, 2.45) is 23.7 Å². The Kier molecular flexibility index (Phi) is 3.92. The van der Waals surface area contributed by atoms with E-state index < -0.39 is 0 Å². The lowest BCUT2D eigenvalue weighted by Crippen LogP contribution is -2.44. The van der Waals surface area contributed by atoms with Crippen LogP contribution in [0.1, 0.15) is 44.6 Å². The minimum absolute atomic E-state index is 0.555. The van der Waals surface area contributed by atoms with E-state index in [0.717, 1.165) is 34.5 Å². The molecule has 3 aliphatic carbocycles. The highest BCUT2D eigenvalue weighted by molar-refractivity contribution is 7.80. The maximum Gasteiger partial charge on any atom is 0.171 e. The summed E-state index contributed by atoms with van der Waals surface area (Å²) in [5, 5.41) is 7.73. The summed E-state index contributed by atoms with van der Waals surface area (Å²) in [6.45, 7) is 4.43. The fourth-order valence-corrected chi connectivity index (χ4v) is 5.27. The standard InChI is InChI=1S/C20H26N2S/c1-12(2)13-6-8-15(9-7-13)21-20(23)22-19-11-14-10-18(19)17-5-3-4-16(14)17/h3,5-9,12,14,16-19H,4,10-11H2,1-2H3,(H2,21,22,23)/t14-,16-,17+,18+,19-/m0/s1. The molecule has 0 amide bonds. The van der Waals surface area contributed by atoms with E-state index in [9.17, 15) is 0 Å². The molecule has 4 rings (SSSR count). The lowest BCUT2D eigenvalue weighted by molar-refractivity contribution is 0.246. The number of hydrogen-bond donors (Lipinski definition) is 2. The predicted octanol–water partition coefficient (Wildman–Crippen LogP) is 4.70. The van der Waals surface area contributed by atoms with Gasteiger partial charge in [0.1, 0.15) is 0 Å². The highest BCUT2D eigenvalue weighted by Gasteiger charge is 2.52. The third-order valence-corrected chi connectivity index (χ3v) is 6.38. The van der Waals surface area contributed by atoms with Crippen molar-refractivity contribution < 1.29 is 0 Å². The maximum atomic E-state index is 5.55. The van der Waals surface area contributed by atoms with E-state index in [2.05, 4.69) is 60.9 Å². The van der Waals surface area contributed by atoms with Crippen LogP contribution in [0, 0.1) is 23.7 Å². The average Bonchev–Trinajstić information content (AvgIpc) is 3.19. The summed E-state index contributed by atoms with van der Waals surface area (Å²) >= 11 is 5.55. The second-order valence-corrected chi connectivity index (χ2v) is 8.19. The monoisotopic (exact) mass is 326 g/mol. The fourth-order valence-electron chi connectivity index (χ4n) is 5.00. The van der Waals surface area contributed by atoms with Crippen LogP contribution in [0.5, 0.6) is 0 Å². The zero-order valence-electron chi connectivity index (χ0n) is 14.0. The van der Waals surface area contributed by atoms with Crippen LogP contribution in [-0.2, 0) is 0 Å². The van der Waals surface area contributed by atoms with Crippen molar-refractivity contribution in [1.29, 1.82) is 0 Å². The fraction of sp³-hybridized carbons (Fsp3) is 0.550. The molecule has 0 unspecified atom stereocenters. The van der Waals surface area contributed by atoms with Gasteiger partial charge in [0.15, 0.2) is 5.11 Å². The summed E-state index contributed by atoms with van der Waals surface area (Å²) < 4.78 is 0. The first-order chi connectivity index (χ1) is 11.1. The van der Waals surface area contributed by atoms with Crippen molar-refractivity contribution >= 4 is 23.0 Å². The molecule has 0 aliphatic heterocycles. The second kappa shape index (κ2) is 5.94. The van der Waals surface area contributed by atoms with E-state index in [-0.39, 0.29) is 0 Å². The Morgan fingerprint density at radius 3 is 2.65 bits per heavy atom. The van der Waals surface area contributed by atoms with Crippen molar-refractivity contribution in [2.45, 2.75) is 45.1 Å². The molecule has 1 aromatic carbocycles. The molecular formula is C20H26N2S. The van der Waals surface area contributed by atoms with Crippen LogP contribution in [-0.4, -0.2) is 11.2 Å². The Balaban J connectivity index is 1.35. The van der Waals surface area contributed by atoms with E-state index in [1.165, 1.54) is 24.8 Å². The number of anilines is 1. The van der Waals surface area contributed by atoms with Crippen LogP contribution in [0.3, 0.4) is 0 Å². The van der Waals surface area contributed by atoms with E-state index >= 15 is 0 Å². The second-order valence-electron chi connectivity index (χ2n) is 7.78. The molecule has 3 heteroatoms. The van der Waals surface area contributed by atoms with Crippen LogP contribution in [0.25, 0.3) is 0 Å². The minimum atomic E-state index is 0.555. The lowest BCUT2D eigenvalue weighted by Gasteiger charge is -2.32. The van der Waals surface area contributed by atoms with Gasteiger partial charge in [0.25, 0.3) is 0 Å². The van der Waals surface area contributed by atoms with Gasteiger partial charge in [-0.3, -0.25) is 0 Å². The molecule has 2 N–H and O–H groups in total. The van der Waals surface area contributed by atoms with Gasteiger partial charge >= 0.3 is 0 Å². The van der Waals surface area contributed by atoms with Crippen LogP contribution in [0.2, 0.25) is 0 Å².